The molecule has 2 aromatic carbocycles. The number of amides is 1. The molecule has 0 aliphatic heterocycles. The van der Waals surface area contributed by atoms with Crippen LogP contribution in [0.1, 0.15) is 16.7 Å². The first-order valence-corrected chi connectivity index (χ1v) is 7.93. The van der Waals surface area contributed by atoms with E-state index in [9.17, 15) is 9.18 Å². The summed E-state index contributed by atoms with van der Waals surface area (Å²) in [6.07, 6.45) is 2.79. The van der Waals surface area contributed by atoms with Gasteiger partial charge < -0.3 is 10.1 Å². The van der Waals surface area contributed by atoms with Gasteiger partial charge in [0.25, 0.3) is 0 Å². The highest BCUT2D eigenvalue weighted by Gasteiger charge is 2.06. The predicted octanol–water partition coefficient (Wildman–Crippen LogP) is 4.84. The van der Waals surface area contributed by atoms with E-state index in [0.29, 0.717) is 10.0 Å². The van der Waals surface area contributed by atoms with Crippen LogP contribution in [0.3, 0.4) is 0 Å². The maximum absolute atomic E-state index is 13.7. The Bertz CT molecular complexity index is 702. The Balaban J connectivity index is 1.80. The SMILES string of the molecule is Cc1ccc(F)c(C=CCNC(=O)OCc2ccccc2)c1Br. The molecule has 0 fully saturated rings. The normalized spacial score (nSPS) is 10.7. The van der Waals surface area contributed by atoms with E-state index in [4.69, 9.17) is 4.74 Å². The molecule has 0 radical (unpaired) electrons. The Morgan fingerprint density at radius 3 is 2.74 bits per heavy atom. The molecule has 2 rings (SSSR count). The van der Waals surface area contributed by atoms with E-state index < -0.39 is 6.09 Å². The van der Waals surface area contributed by atoms with Crippen LogP contribution < -0.4 is 5.32 Å². The van der Waals surface area contributed by atoms with Crippen molar-refractivity contribution in [2.24, 2.45) is 0 Å². The fourth-order valence-electron chi connectivity index (χ4n) is 1.92. The Morgan fingerprint density at radius 2 is 2.00 bits per heavy atom. The number of ether oxygens (including phenoxy) is 1. The van der Waals surface area contributed by atoms with E-state index in [1.807, 2.05) is 37.3 Å². The second kappa shape index (κ2) is 8.48. The Morgan fingerprint density at radius 1 is 1.26 bits per heavy atom. The first kappa shape index (κ1) is 17.2. The van der Waals surface area contributed by atoms with Gasteiger partial charge in [-0.2, -0.15) is 0 Å². The van der Waals surface area contributed by atoms with Crippen molar-refractivity contribution in [1.82, 2.24) is 5.32 Å². The molecule has 23 heavy (non-hydrogen) atoms. The zero-order chi connectivity index (χ0) is 16.7. The van der Waals surface area contributed by atoms with Gasteiger partial charge in [0.2, 0.25) is 0 Å². The average molecular weight is 378 g/mol. The van der Waals surface area contributed by atoms with Crippen molar-refractivity contribution in [3.05, 3.63) is 75.5 Å². The number of rotatable bonds is 5. The molecule has 0 atom stereocenters. The molecule has 1 N–H and O–H groups in total. The van der Waals surface area contributed by atoms with Crippen molar-refractivity contribution in [3.8, 4) is 0 Å². The number of carbonyl (C=O) groups is 1. The average Bonchev–Trinajstić information content (AvgIpc) is 2.57. The lowest BCUT2D eigenvalue weighted by molar-refractivity contribution is 0.141. The van der Waals surface area contributed by atoms with Gasteiger partial charge in [-0.3, -0.25) is 0 Å². The summed E-state index contributed by atoms with van der Waals surface area (Å²) in [5.74, 6) is -0.314. The van der Waals surface area contributed by atoms with Crippen LogP contribution in [0, 0.1) is 12.7 Å². The lowest BCUT2D eigenvalue weighted by Crippen LogP contribution is -2.24. The van der Waals surface area contributed by atoms with Crippen LogP contribution in [-0.2, 0) is 11.3 Å². The summed E-state index contributed by atoms with van der Waals surface area (Å²) in [6, 6.07) is 12.5. The molecule has 1 amide bonds. The third kappa shape index (κ3) is 5.21. The van der Waals surface area contributed by atoms with Crippen LogP contribution in [0.15, 0.2) is 53.0 Å². The molecule has 0 saturated carbocycles. The third-order valence-corrected chi connectivity index (χ3v) is 4.23. The van der Waals surface area contributed by atoms with Crippen molar-refractivity contribution in [3.63, 3.8) is 0 Å². The molecule has 5 heteroatoms. The van der Waals surface area contributed by atoms with Crippen molar-refractivity contribution in [1.29, 1.82) is 0 Å². The highest BCUT2D eigenvalue weighted by atomic mass is 79.9. The van der Waals surface area contributed by atoms with Crippen LogP contribution >= 0.6 is 15.9 Å². The summed E-state index contributed by atoms with van der Waals surface area (Å²) in [4.78, 5) is 11.6. The minimum atomic E-state index is -0.512. The second-order valence-electron chi connectivity index (χ2n) is 4.94. The first-order valence-electron chi connectivity index (χ1n) is 7.13. The van der Waals surface area contributed by atoms with Crippen LogP contribution in [0.4, 0.5) is 9.18 Å². The minimum Gasteiger partial charge on any atom is -0.445 e. The van der Waals surface area contributed by atoms with Crippen molar-refractivity contribution < 1.29 is 13.9 Å². The highest BCUT2D eigenvalue weighted by molar-refractivity contribution is 9.10. The molecule has 120 valence electrons. The van der Waals surface area contributed by atoms with Gasteiger partial charge >= 0.3 is 6.09 Å². The fourth-order valence-corrected chi connectivity index (χ4v) is 2.38. The molecular weight excluding hydrogens is 361 g/mol. The molecular formula is C18H17BrFNO2. The summed E-state index contributed by atoms with van der Waals surface area (Å²) in [5, 5.41) is 2.59. The Hall–Kier alpha value is -2.14. The fraction of sp³-hybridized carbons (Fsp3) is 0.167. The molecule has 0 bridgehead atoms. The van der Waals surface area contributed by atoms with E-state index in [1.165, 1.54) is 6.07 Å². The highest BCUT2D eigenvalue weighted by Crippen LogP contribution is 2.25. The molecule has 0 aliphatic rings. The molecule has 0 heterocycles. The van der Waals surface area contributed by atoms with Crippen molar-refractivity contribution >= 4 is 28.1 Å². The van der Waals surface area contributed by atoms with E-state index in [-0.39, 0.29) is 19.0 Å². The summed E-state index contributed by atoms with van der Waals surface area (Å²) >= 11 is 3.36. The molecule has 0 aliphatic carbocycles. The van der Waals surface area contributed by atoms with Gasteiger partial charge in [-0.05, 0) is 40.0 Å². The summed E-state index contributed by atoms with van der Waals surface area (Å²) in [7, 11) is 0. The zero-order valence-corrected chi connectivity index (χ0v) is 14.3. The number of benzene rings is 2. The van der Waals surface area contributed by atoms with Crippen LogP contribution in [0.25, 0.3) is 6.08 Å². The van der Waals surface area contributed by atoms with E-state index in [0.717, 1.165) is 11.1 Å². The number of halogens is 2. The molecule has 0 aromatic heterocycles. The maximum atomic E-state index is 13.7. The Kier molecular flexibility index (Phi) is 6.35. The quantitative estimate of drug-likeness (QED) is 0.809. The van der Waals surface area contributed by atoms with Gasteiger partial charge in [0, 0.05) is 16.6 Å². The second-order valence-corrected chi connectivity index (χ2v) is 5.73. The molecule has 0 saturated heterocycles. The molecule has 3 nitrogen and oxygen atoms in total. The summed E-state index contributed by atoms with van der Waals surface area (Å²) < 4.78 is 19.5. The smallest absolute Gasteiger partial charge is 0.407 e. The first-order chi connectivity index (χ1) is 11.1. The van der Waals surface area contributed by atoms with Gasteiger partial charge in [0.15, 0.2) is 0 Å². The van der Waals surface area contributed by atoms with Crippen molar-refractivity contribution in [2.45, 2.75) is 13.5 Å². The van der Waals surface area contributed by atoms with Gasteiger partial charge in [0.05, 0.1) is 0 Å². The topological polar surface area (TPSA) is 38.3 Å². The van der Waals surface area contributed by atoms with Crippen molar-refractivity contribution in [2.75, 3.05) is 6.54 Å². The number of carbonyl (C=O) groups excluding carboxylic acids is 1. The molecule has 2 aromatic rings. The minimum absolute atomic E-state index is 0.217. The monoisotopic (exact) mass is 377 g/mol. The number of aryl methyl sites for hydroxylation is 1. The summed E-state index contributed by atoms with van der Waals surface area (Å²) in [5.41, 5.74) is 2.33. The van der Waals surface area contributed by atoms with Gasteiger partial charge in [-0.15, -0.1) is 0 Å². The zero-order valence-electron chi connectivity index (χ0n) is 12.7. The third-order valence-electron chi connectivity index (χ3n) is 3.18. The number of hydrogen-bond donors (Lipinski definition) is 1. The van der Waals surface area contributed by atoms with E-state index >= 15 is 0 Å². The maximum Gasteiger partial charge on any atom is 0.407 e. The number of nitrogens with one attached hydrogen (secondary N) is 1. The largest absolute Gasteiger partial charge is 0.445 e. The summed E-state index contributed by atoms with van der Waals surface area (Å²) in [6.45, 7) is 2.36. The molecule has 0 unspecified atom stereocenters. The lowest BCUT2D eigenvalue weighted by Gasteiger charge is -2.06. The number of alkyl carbamates (subject to hydrolysis) is 1. The van der Waals surface area contributed by atoms with E-state index in [1.54, 1.807) is 18.2 Å². The van der Waals surface area contributed by atoms with Crippen LogP contribution in [-0.4, -0.2) is 12.6 Å². The predicted molar refractivity (Wildman–Crippen MR) is 92.5 cm³/mol. The van der Waals surface area contributed by atoms with Crippen LogP contribution in [0.2, 0.25) is 0 Å². The van der Waals surface area contributed by atoms with Gasteiger partial charge in [0.1, 0.15) is 12.4 Å². The van der Waals surface area contributed by atoms with Gasteiger partial charge in [-0.1, -0.05) is 48.6 Å². The molecule has 0 spiro atoms. The van der Waals surface area contributed by atoms with Crippen LogP contribution in [0.5, 0.6) is 0 Å². The van der Waals surface area contributed by atoms with Gasteiger partial charge in [-0.25, -0.2) is 9.18 Å². The number of hydrogen-bond acceptors (Lipinski definition) is 2. The van der Waals surface area contributed by atoms with E-state index in [2.05, 4.69) is 21.2 Å². The Labute approximate surface area is 143 Å². The standard InChI is InChI=1S/C18H17BrFNO2/c1-13-9-10-16(20)15(17(13)19)8-5-11-21-18(22)23-12-14-6-3-2-4-7-14/h2-10H,11-12H2,1H3,(H,21,22). The lowest BCUT2D eigenvalue weighted by atomic mass is 10.1.